The van der Waals surface area contributed by atoms with Gasteiger partial charge < -0.3 is 20.4 Å². The van der Waals surface area contributed by atoms with Gasteiger partial charge >= 0.3 is 12.0 Å². The molecule has 2 amide bonds. The van der Waals surface area contributed by atoms with Crippen molar-refractivity contribution in [2.75, 3.05) is 11.9 Å². The maximum atomic E-state index is 12.1. The quantitative estimate of drug-likeness (QED) is 0.764. The van der Waals surface area contributed by atoms with Gasteiger partial charge in [-0.25, -0.2) is 9.59 Å². The van der Waals surface area contributed by atoms with E-state index < -0.39 is 24.1 Å². The van der Waals surface area contributed by atoms with Gasteiger partial charge in [-0.2, -0.15) is 0 Å². The Morgan fingerprint density at radius 2 is 2.10 bits per heavy atom. The van der Waals surface area contributed by atoms with E-state index in [2.05, 4.69) is 21.2 Å². The van der Waals surface area contributed by atoms with Gasteiger partial charge in [0.05, 0.1) is 6.10 Å². The lowest BCUT2D eigenvalue weighted by atomic mass is 10.2. The average Bonchev–Trinajstić information content (AvgIpc) is 2.70. The summed E-state index contributed by atoms with van der Waals surface area (Å²) in [5.74, 6) is -1.11. The molecule has 108 valence electrons. The van der Waals surface area contributed by atoms with Crippen LogP contribution < -0.4 is 5.32 Å². The van der Waals surface area contributed by atoms with Gasteiger partial charge in [-0.1, -0.05) is 15.9 Å². The van der Waals surface area contributed by atoms with Crippen LogP contribution in [0.4, 0.5) is 10.5 Å². The van der Waals surface area contributed by atoms with E-state index in [1.165, 1.54) is 0 Å². The SMILES string of the molecule is Cc1cc(Br)cc(NC(=O)N2C[C@@H](O)C[C@H]2C(=O)O)c1. The van der Waals surface area contributed by atoms with Gasteiger partial charge in [0.2, 0.25) is 0 Å². The van der Waals surface area contributed by atoms with Crippen LogP contribution in [0.2, 0.25) is 0 Å². The van der Waals surface area contributed by atoms with Crippen LogP contribution in [0.25, 0.3) is 0 Å². The number of carbonyl (C=O) groups is 2. The first kappa shape index (κ1) is 14.8. The number of aliphatic hydroxyl groups is 1. The molecule has 0 bridgehead atoms. The summed E-state index contributed by atoms with van der Waals surface area (Å²) in [6.07, 6.45) is -0.744. The molecule has 0 aliphatic carbocycles. The fraction of sp³-hybridized carbons (Fsp3) is 0.385. The van der Waals surface area contributed by atoms with E-state index in [1.807, 2.05) is 13.0 Å². The Balaban J connectivity index is 2.13. The second-order valence-electron chi connectivity index (χ2n) is 4.84. The number of hydrogen-bond acceptors (Lipinski definition) is 3. The monoisotopic (exact) mass is 342 g/mol. The van der Waals surface area contributed by atoms with E-state index in [-0.39, 0.29) is 13.0 Å². The molecular formula is C13H15BrN2O4. The molecule has 1 saturated heterocycles. The molecule has 0 spiro atoms. The number of anilines is 1. The molecule has 1 aliphatic rings. The summed E-state index contributed by atoms with van der Waals surface area (Å²) in [5.41, 5.74) is 1.54. The van der Waals surface area contributed by atoms with Crippen molar-refractivity contribution in [3.8, 4) is 0 Å². The highest BCUT2D eigenvalue weighted by molar-refractivity contribution is 9.10. The number of halogens is 1. The van der Waals surface area contributed by atoms with Crippen LogP contribution in [-0.2, 0) is 4.79 Å². The van der Waals surface area contributed by atoms with Crippen LogP contribution in [0.5, 0.6) is 0 Å². The second kappa shape index (κ2) is 5.80. The third kappa shape index (κ3) is 3.29. The number of urea groups is 1. The van der Waals surface area contributed by atoms with E-state index in [9.17, 15) is 14.7 Å². The Bertz CT molecular complexity index is 529. The second-order valence-corrected chi connectivity index (χ2v) is 5.76. The minimum Gasteiger partial charge on any atom is -0.480 e. The molecule has 2 rings (SSSR count). The zero-order valence-electron chi connectivity index (χ0n) is 10.8. The highest BCUT2D eigenvalue weighted by atomic mass is 79.9. The lowest BCUT2D eigenvalue weighted by Crippen LogP contribution is -2.43. The molecule has 20 heavy (non-hydrogen) atoms. The van der Waals surface area contributed by atoms with Crippen molar-refractivity contribution < 1.29 is 19.8 Å². The number of amides is 2. The molecule has 7 heteroatoms. The largest absolute Gasteiger partial charge is 0.480 e. The van der Waals surface area contributed by atoms with E-state index in [0.717, 1.165) is 14.9 Å². The number of likely N-dealkylation sites (tertiary alicyclic amines) is 1. The lowest BCUT2D eigenvalue weighted by Gasteiger charge is -2.21. The van der Waals surface area contributed by atoms with Gasteiger partial charge in [0.15, 0.2) is 0 Å². The van der Waals surface area contributed by atoms with E-state index in [1.54, 1.807) is 12.1 Å². The highest BCUT2D eigenvalue weighted by Crippen LogP contribution is 2.22. The van der Waals surface area contributed by atoms with E-state index in [4.69, 9.17) is 5.11 Å². The number of benzene rings is 1. The molecule has 3 N–H and O–H groups in total. The number of nitrogens with zero attached hydrogens (tertiary/aromatic N) is 1. The first-order chi connectivity index (χ1) is 9.36. The first-order valence-electron chi connectivity index (χ1n) is 6.12. The number of carboxylic acids is 1. The van der Waals surface area contributed by atoms with Crippen LogP contribution in [0.3, 0.4) is 0 Å². The van der Waals surface area contributed by atoms with Gasteiger partial charge in [-0.05, 0) is 30.7 Å². The van der Waals surface area contributed by atoms with Crippen molar-refractivity contribution in [2.24, 2.45) is 0 Å². The normalized spacial score (nSPS) is 21.9. The predicted molar refractivity (Wildman–Crippen MR) is 76.7 cm³/mol. The van der Waals surface area contributed by atoms with Crippen LogP contribution in [0.1, 0.15) is 12.0 Å². The maximum Gasteiger partial charge on any atom is 0.326 e. The summed E-state index contributed by atoms with van der Waals surface area (Å²) < 4.78 is 0.823. The Morgan fingerprint density at radius 3 is 2.70 bits per heavy atom. The van der Waals surface area contributed by atoms with Crippen LogP contribution >= 0.6 is 15.9 Å². The number of carbonyl (C=O) groups excluding carboxylic acids is 1. The first-order valence-corrected chi connectivity index (χ1v) is 6.92. The number of β-amino-alcohol motifs (C(OH)–C–C–N with tert-alkyl or cyclic N) is 1. The lowest BCUT2D eigenvalue weighted by molar-refractivity contribution is -0.141. The number of aliphatic hydroxyl groups excluding tert-OH is 1. The number of aryl methyl sites for hydroxylation is 1. The van der Waals surface area contributed by atoms with Crippen molar-refractivity contribution in [3.05, 3.63) is 28.2 Å². The van der Waals surface area contributed by atoms with Gasteiger partial charge in [-0.3, -0.25) is 0 Å². The zero-order valence-corrected chi connectivity index (χ0v) is 12.4. The standard InChI is InChI=1S/C13H15BrN2O4/c1-7-2-8(14)4-9(3-7)15-13(20)16-6-10(17)5-11(16)12(18)19/h2-4,10-11,17H,5-6H2,1H3,(H,15,20)(H,18,19)/t10-,11-/m0/s1. The van der Waals surface area contributed by atoms with Crippen molar-refractivity contribution in [1.29, 1.82) is 0 Å². The fourth-order valence-electron chi connectivity index (χ4n) is 2.28. The zero-order chi connectivity index (χ0) is 14.9. The summed E-state index contributed by atoms with van der Waals surface area (Å²) in [7, 11) is 0. The summed E-state index contributed by atoms with van der Waals surface area (Å²) in [6.45, 7) is 1.91. The van der Waals surface area contributed by atoms with E-state index >= 15 is 0 Å². The Kier molecular flexibility index (Phi) is 4.29. The smallest absolute Gasteiger partial charge is 0.326 e. The molecule has 1 heterocycles. The third-order valence-electron chi connectivity index (χ3n) is 3.12. The third-order valence-corrected chi connectivity index (χ3v) is 3.58. The predicted octanol–water partition coefficient (Wildman–Crippen LogP) is 1.81. The minimum absolute atomic E-state index is 0.0236. The van der Waals surface area contributed by atoms with Crippen LogP contribution in [0, 0.1) is 6.92 Å². The number of hydrogen-bond donors (Lipinski definition) is 3. The molecule has 6 nitrogen and oxygen atoms in total. The van der Waals surface area contributed by atoms with E-state index in [0.29, 0.717) is 5.69 Å². The molecule has 1 aromatic rings. The molecule has 0 radical (unpaired) electrons. The minimum atomic E-state index is -1.11. The summed E-state index contributed by atoms with van der Waals surface area (Å²) >= 11 is 3.33. The Morgan fingerprint density at radius 1 is 1.40 bits per heavy atom. The van der Waals surface area contributed by atoms with Crippen LogP contribution in [0.15, 0.2) is 22.7 Å². The maximum absolute atomic E-state index is 12.1. The number of carboxylic acid groups (broad SMARTS) is 1. The molecule has 0 unspecified atom stereocenters. The van der Waals surface area contributed by atoms with Gasteiger partial charge in [-0.15, -0.1) is 0 Å². The number of nitrogens with one attached hydrogen (secondary N) is 1. The Hall–Kier alpha value is -1.60. The molecule has 1 fully saturated rings. The molecular weight excluding hydrogens is 328 g/mol. The van der Waals surface area contributed by atoms with Gasteiger partial charge in [0.25, 0.3) is 0 Å². The van der Waals surface area contributed by atoms with Crippen molar-refractivity contribution >= 4 is 33.6 Å². The Labute approximate surface area is 124 Å². The molecule has 1 aliphatic heterocycles. The average molecular weight is 343 g/mol. The number of rotatable bonds is 2. The van der Waals surface area contributed by atoms with Gasteiger partial charge in [0.1, 0.15) is 6.04 Å². The molecule has 0 saturated carbocycles. The topological polar surface area (TPSA) is 89.9 Å². The van der Waals surface area contributed by atoms with Crippen molar-refractivity contribution in [2.45, 2.75) is 25.5 Å². The summed E-state index contributed by atoms with van der Waals surface area (Å²) in [5, 5.41) is 21.2. The van der Waals surface area contributed by atoms with Crippen molar-refractivity contribution in [3.63, 3.8) is 0 Å². The fourth-order valence-corrected chi connectivity index (χ4v) is 2.88. The number of aliphatic carboxylic acids is 1. The van der Waals surface area contributed by atoms with Crippen LogP contribution in [-0.4, -0.2) is 45.8 Å². The highest BCUT2D eigenvalue weighted by Gasteiger charge is 2.38. The molecule has 0 aromatic heterocycles. The summed E-state index contributed by atoms with van der Waals surface area (Å²) in [6, 6.07) is 3.90. The van der Waals surface area contributed by atoms with Crippen molar-refractivity contribution in [1.82, 2.24) is 4.90 Å². The molecule has 2 atom stereocenters. The molecule has 1 aromatic carbocycles. The van der Waals surface area contributed by atoms with Gasteiger partial charge in [0, 0.05) is 23.1 Å². The summed E-state index contributed by atoms with van der Waals surface area (Å²) in [4.78, 5) is 24.3.